The summed E-state index contributed by atoms with van der Waals surface area (Å²) in [6.45, 7) is 6.65. The number of aromatic amines is 1. The van der Waals surface area contributed by atoms with E-state index in [2.05, 4.69) is 25.3 Å². The van der Waals surface area contributed by atoms with Crippen molar-refractivity contribution in [3.63, 3.8) is 0 Å². The van der Waals surface area contributed by atoms with Gasteiger partial charge in [-0.15, -0.1) is 10.2 Å². The lowest BCUT2D eigenvalue weighted by molar-refractivity contribution is -0.131. The summed E-state index contributed by atoms with van der Waals surface area (Å²) in [4.78, 5) is 14.6. The molecule has 2 atom stereocenters. The summed E-state index contributed by atoms with van der Waals surface area (Å²) in [6.07, 6.45) is 2.81. The zero-order valence-electron chi connectivity index (χ0n) is 21.0. The van der Waals surface area contributed by atoms with Gasteiger partial charge in [-0.25, -0.2) is 12.8 Å². The third-order valence-electron chi connectivity index (χ3n) is 6.97. The van der Waals surface area contributed by atoms with Crippen LogP contribution in [0.5, 0.6) is 0 Å². The summed E-state index contributed by atoms with van der Waals surface area (Å²) in [7, 11) is -4.22. The van der Waals surface area contributed by atoms with E-state index in [0.29, 0.717) is 29.2 Å². The van der Waals surface area contributed by atoms with E-state index in [9.17, 15) is 17.6 Å². The molecular formula is C25H30ClFN6O3S. The van der Waals surface area contributed by atoms with Crippen LogP contribution in [0.3, 0.4) is 0 Å². The number of hydrogen-bond acceptors (Lipinski definition) is 6. The molecule has 1 aromatic heterocycles. The molecule has 1 aliphatic rings. The van der Waals surface area contributed by atoms with Gasteiger partial charge in [0, 0.05) is 24.0 Å². The van der Waals surface area contributed by atoms with Crippen LogP contribution < -0.4 is 4.72 Å². The van der Waals surface area contributed by atoms with Crippen LogP contribution in [0.4, 0.5) is 4.39 Å². The molecule has 0 radical (unpaired) electrons. The largest absolute Gasteiger partial charge is 0.342 e. The molecule has 1 aliphatic heterocycles. The van der Waals surface area contributed by atoms with Gasteiger partial charge in [0.15, 0.2) is 5.82 Å². The Morgan fingerprint density at radius 2 is 1.92 bits per heavy atom. The molecule has 0 aliphatic carbocycles. The van der Waals surface area contributed by atoms with Gasteiger partial charge in [0.25, 0.3) is 0 Å². The Morgan fingerprint density at radius 1 is 1.19 bits per heavy atom. The minimum absolute atomic E-state index is 0.0660. The first kappa shape index (κ1) is 27.2. The number of hydrogen-bond donors (Lipinski definition) is 2. The van der Waals surface area contributed by atoms with Crippen LogP contribution in [0, 0.1) is 19.7 Å². The Hall–Kier alpha value is -2.89. The first-order valence-corrected chi connectivity index (χ1v) is 14.0. The molecule has 0 bridgehead atoms. The van der Waals surface area contributed by atoms with Gasteiger partial charge in [-0.2, -0.15) is 9.94 Å². The summed E-state index contributed by atoms with van der Waals surface area (Å²) < 4.78 is 45.1. The van der Waals surface area contributed by atoms with E-state index >= 15 is 0 Å². The van der Waals surface area contributed by atoms with Gasteiger partial charge in [-0.05, 0) is 79.6 Å². The van der Waals surface area contributed by atoms with Crippen LogP contribution in [-0.2, 0) is 21.2 Å². The number of aromatic nitrogens is 4. The van der Waals surface area contributed by atoms with E-state index in [1.165, 1.54) is 24.3 Å². The first-order valence-electron chi connectivity index (χ1n) is 12.2. The van der Waals surface area contributed by atoms with Crippen LogP contribution in [-0.4, -0.2) is 52.9 Å². The van der Waals surface area contributed by atoms with Crippen molar-refractivity contribution in [2.45, 2.75) is 63.3 Å². The van der Waals surface area contributed by atoms with E-state index in [-0.39, 0.29) is 28.6 Å². The van der Waals surface area contributed by atoms with Crippen LogP contribution in [0.25, 0.3) is 0 Å². The fourth-order valence-corrected chi connectivity index (χ4v) is 6.50. The summed E-state index contributed by atoms with van der Waals surface area (Å²) in [5, 5.41) is 14.2. The smallest absolute Gasteiger partial charge is 0.241 e. The lowest BCUT2D eigenvalue weighted by Crippen LogP contribution is -2.37. The normalized spacial score (nSPS) is 16.0. The number of H-pyrrole nitrogens is 1. The molecule has 2 heterocycles. The number of aryl methyl sites for hydroxylation is 1. The van der Waals surface area contributed by atoms with E-state index in [0.717, 1.165) is 24.8 Å². The van der Waals surface area contributed by atoms with Crippen molar-refractivity contribution in [2.75, 3.05) is 13.1 Å². The number of carbonyl (C=O) groups is 1. The summed E-state index contributed by atoms with van der Waals surface area (Å²) in [5.74, 6) is -1.23. The van der Waals surface area contributed by atoms with Gasteiger partial charge < -0.3 is 4.90 Å². The molecule has 1 amide bonds. The van der Waals surface area contributed by atoms with Gasteiger partial charge in [0.2, 0.25) is 15.9 Å². The van der Waals surface area contributed by atoms with Gasteiger partial charge in [0.1, 0.15) is 5.82 Å². The fraction of sp³-hybridized carbons (Fsp3) is 0.440. The molecule has 1 fully saturated rings. The van der Waals surface area contributed by atoms with Crippen LogP contribution in [0.15, 0.2) is 35.2 Å². The molecule has 198 valence electrons. The zero-order chi connectivity index (χ0) is 26.7. The van der Waals surface area contributed by atoms with Gasteiger partial charge in [0.05, 0.1) is 17.4 Å². The standard InChI is InChI=1S/C25H30ClFN6O3S/c1-15-7-9-20(27)23(16(15)2)17(3)24(25-28-31-32-29-25)30-37(35,36)21-10-8-19(26)13-18(21)14-22(34)33-11-5-4-6-12-33/h7-10,13,17,24,30H,4-6,11-12,14H2,1-3H3,(H,28,29,31,32)/t17-,24+/m1/s1. The molecule has 0 unspecified atom stereocenters. The minimum atomic E-state index is -4.22. The first-order chi connectivity index (χ1) is 17.6. The van der Waals surface area contributed by atoms with E-state index < -0.39 is 27.8 Å². The molecule has 2 aromatic carbocycles. The van der Waals surface area contributed by atoms with Crippen molar-refractivity contribution in [3.8, 4) is 0 Å². The maximum Gasteiger partial charge on any atom is 0.241 e. The highest BCUT2D eigenvalue weighted by molar-refractivity contribution is 7.89. The predicted molar refractivity (Wildman–Crippen MR) is 137 cm³/mol. The zero-order valence-corrected chi connectivity index (χ0v) is 22.5. The Morgan fingerprint density at radius 3 is 2.59 bits per heavy atom. The SMILES string of the molecule is Cc1ccc(F)c([C@@H](C)[C@H](NS(=O)(=O)c2ccc(Cl)cc2CC(=O)N2CCCCC2)c2nn[nH]n2)c1C. The number of rotatable bonds is 8. The highest BCUT2D eigenvalue weighted by Crippen LogP contribution is 2.35. The quantitative estimate of drug-likeness (QED) is 0.439. The second-order valence-corrected chi connectivity index (χ2v) is 11.5. The highest BCUT2D eigenvalue weighted by atomic mass is 35.5. The number of carbonyl (C=O) groups excluding carboxylic acids is 1. The lowest BCUT2D eigenvalue weighted by Gasteiger charge is -2.27. The second kappa shape index (κ2) is 11.2. The Bertz CT molecular complexity index is 1380. The monoisotopic (exact) mass is 548 g/mol. The highest BCUT2D eigenvalue weighted by Gasteiger charge is 2.34. The van der Waals surface area contributed by atoms with E-state index in [1.807, 2.05) is 6.92 Å². The molecule has 37 heavy (non-hydrogen) atoms. The minimum Gasteiger partial charge on any atom is -0.342 e. The van der Waals surface area contributed by atoms with E-state index in [4.69, 9.17) is 11.6 Å². The van der Waals surface area contributed by atoms with E-state index in [1.54, 1.807) is 24.8 Å². The topological polar surface area (TPSA) is 121 Å². The fourth-order valence-electron chi connectivity index (χ4n) is 4.81. The molecule has 12 heteroatoms. The summed E-state index contributed by atoms with van der Waals surface area (Å²) >= 11 is 6.19. The number of nitrogens with one attached hydrogen (secondary N) is 2. The van der Waals surface area contributed by atoms with Crippen LogP contribution >= 0.6 is 11.6 Å². The number of halogens is 2. The number of nitrogens with zero attached hydrogens (tertiary/aromatic N) is 4. The molecule has 0 saturated carbocycles. The number of piperidine rings is 1. The van der Waals surface area contributed by atoms with Crippen molar-refractivity contribution < 1.29 is 17.6 Å². The molecule has 9 nitrogen and oxygen atoms in total. The summed E-state index contributed by atoms with van der Waals surface area (Å²) in [5.41, 5.74) is 2.22. The average Bonchev–Trinajstić information content (AvgIpc) is 3.40. The number of benzene rings is 2. The molecule has 1 saturated heterocycles. The Balaban J connectivity index is 1.69. The van der Waals surface area contributed by atoms with Gasteiger partial charge >= 0.3 is 0 Å². The molecule has 4 rings (SSSR count). The van der Waals surface area contributed by atoms with Crippen LogP contribution in [0.2, 0.25) is 5.02 Å². The van der Waals surface area contributed by atoms with Crippen molar-refractivity contribution in [3.05, 3.63) is 69.2 Å². The number of tetrazole rings is 1. The maximum absolute atomic E-state index is 15.0. The lowest BCUT2D eigenvalue weighted by atomic mass is 9.88. The van der Waals surface area contributed by atoms with Crippen molar-refractivity contribution in [1.29, 1.82) is 0 Å². The molecule has 3 aromatic rings. The Labute approximate surface area is 220 Å². The second-order valence-electron chi connectivity index (χ2n) is 9.43. The molecule has 0 spiro atoms. The van der Waals surface area contributed by atoms with Crippen molar-refractivity contribution >= 4 is 27.5 Å². The maximum atomic E-state index is 15.0. The van der Waals surface area contributed by atoms with Crippen molar-refractivity contribution in [2.24, 2.45) is 0 Å². The predicted octanol–water partition coefficient (Wildman–Crippen LogP) is 3.99. The molecule has 2 N–H and O–H groups in total. The third kappa shape index (κ3) is 6.00. The number of likely N-dealkylation sites (tertiary alicyclic amines) is 1. The van der Waals surface area contributed by atoms with Gasteiger partial charge in [-0.1, -0.05) is 29.8 Å². The molecular weight excluding hydrogens is 519 g/mol. The summed E-state index contributed by atoms with van der Waals surface area (Å²) in [6, 6.07) is 6.32. The van der Waals surface area contributed by atoms with Crippen molar-refractivity contribution in [1.82, 2.24) is 30.2 Å². The number of amides is 1. The average molecular weight is 549 g/mol. The van der Waals surface area contributed by atoms with Gasteiger partial charge in [-0.3, -0.25) is 4.79 Å². The third-order valence-corrected chi connectivity index (χ3v) is 8.75. The Kier molecular flexibility index (Phi) is 8.25. The number of sulfonamides is 1. The van der Waals surface area contributed by atoms with Crippen LogP contribution in [0.1, 0.15) is 66.2 Å².